The van der Waals surface area contributed by atoms with Crippen molar-refractivity contribution in [2.45, 2.75) is 122 Å². The molecule has 0 aromatic heterocycles. The molecular formula is C45H57NO14. The van der Waals surface area contributed by atoms with Crippen molar-refractivity contribution in [1.82, 2.24) is 5.32 Å². The molecule has 0 spiro atoms. The first-order chi connectivity index (χ1) is 28.1. The van der Waals surface area contributed by atoms with Gasteiger partial charge in [-0.2, -0.15) is 0 Å². The lowest BCUT2D eigenvalue weighted by atomic mass is 9.45. The van der Waals surface area contributed by atoms with Crippen LogP contribution in [-0.2, 0) is 47.5 Å². The van der Waals surface area contributed by atoms with Gasteiger partial charge in [-0.25, -0.2) is 14.4 Å². The number of alkyl carbamates (subject to hydrolysis) is 1. The van der Waals surface area contributed by atoms with Crippen LogP contribution < -0.4 is 5.32 Å². The molecule has 1 saturated heterocycles. The molecule has 15 nitrogen and oxygen atoms in total. The van der Waals surface area contributed by atoms with E-state index in [2.05, 4.69) is 5.32 Å². The Morgan fingerprint density at radius 3 is 2.10 bits per heavy atom. The average molecular weight is 836 g/mol. The van der Waals surface area contributed by atoms with Crippen LogP contribution >= 0.6 is 0 Å². The Balaban J connectivity index is 1.52. The molecule has 6 rings (SSSR count). The number of hydrogen-bond donors (Lipinski definition) is 3. The Labute approximate surface area is 350 Å². The Hall–Kier alpha value is -4.83. The molecule has 1 aliphatic heterocycles. The molecule has 0 radical (unpaired) electrons. The predicted molar refractivity (Wildman–Crippen MR) is 213 cm³/mol. The summed E-state index contributed by atoms with van der Waals surface area (Å²) in [5.74, 6) is -5.57. The fourth-order valence-electron chi connectivity index (χ4n) is 10.1. The van der Waals surface area contributed by atoms with Gasteiger partial charge in [0, 0.05) is 38.2 Å². The molecule has 2 bridgehead atoms. The molecule has 1 amide bonds. The van der Waals surface area contributed by atoms with E-state index in [4.69, 9.17) is 33.2 Å². The first-order valence-corrected chi connectivity index (χ1v) is 20.2. The molecule has 3 N–H and O–H groups in total. The third kappa shape index (κ3) is 7.47. The topological polar surface area (TPSA) is 202 Å². The number of methoxy groups -OCH3 is 2. The summed E-state index contributed by atoms with van der Waals surface area (Å²) in [5, 5.41) is 28.0. The molecule has 2 aromatic rings. The molecule has 60 heavy (non-hydrogen) atoms. The van der Waals surface area contributed by atoms with E-state index in [9.17, 15) is 29.4 Å². The lowest BCUT2D eigenvalue weighted by Crippen LogP contribution is -2.81. The van der Waals surface area contributed by atoms with Crippen LogP contribution in [0.4, 0.5) is 4.79 Å². The van der Waals surface area contributed by atoms with Gasteiger partial charge in [-0.3, -0.25) is 9.59 Å². The van der Waals surface area contributed by atoms with Crippen LogP contribution in [0.2, 0.25) is 0 Å². The van der Waals surface area contributed by atoms with Gasteiger partial charge < -0.3 is 48.7 Å². The maximum Gasteiger partial charge on any atom is 0.408 e. The van der Waals surface area contributed by atoms with Gasteiger partial charge in [-0.15, -0.1) is 0 Å². The van der Waals surface area contributed by atoms with Crippen LogP contribution in [0.1, 0.15) is 90.2 Å². The van der Waals surface area contributed by atoms with Crippen molar-refractivity contribution in [3.63, 3.8) is 0 Å². The van der Waals surface area contributed by atoms with Crippen molar-refractivity contribution in [1.29, 1.82) is 0 Å². The summed E-state index contributed by atoms with van der Waals surface area (Å²) in [6.07, 6.45) is -7.86. The number of ether oxygens (including phenoxy) is 7. The second kappa shape index (κ2) is 16.2. The molecule has 11 atom stereocenters. The highest BCUT2D eigenvalue weighted by atomic mass is 16.6. The summed E-state index contributed by atoms with van der Waals surface area (Å²) in [6, 6.07) is 15.1. The summed E-state index contributed by atoms with van der Waals surface area (Å²) in [5.41, 5.74) is -7.10. The molecule has 3 fully saturated rings. The first-order valence-electron chi connectivity index (χ1n) is 20.2. The Kier molecular flexibility index (Phi) is 12.1. The largest absolute Gasteiger partial charge is 0.493 e. The molecule has 2 saturated carbocycles. The van der Waals surface area contributed by atoms with Crippen molar-refractivity contribution in [3.8, 4) is 0 Å². The number of Topliss-reactive ketones (excluding diaryl/α,β-unsaturated/α-hetero) is 1. The van der Waals surface area contributed by atoms with Crippen LogP contribution in [0.15, 0.2) is 72.0 Å². The van der Waals surface area contributed by atoms with E-state index in [1.54, 1.807) is 109 Å². The number of rotatable bonds is 10. The van der Waals surface area contributed by atoms with Crippen LogP contribution in [0.25, 0.3) is 0 Å². The van der Waals surface area contributed by atoms with Crippen LogP contribution in [0, 0.1) is 22.7 Å². The number of esters is 3. The summed E-state index contributed by atoms with van der Waals surface area (Å²) >= 11 is 0. The molecule has 9 unspecified atom stereocenters. The highest BCUT2D eigenvalue weighted by molar-refractivity contribution is 6.00. The lowest BCUT2D eigenvalue weighted by Gasteiger charge is -2.67. The minimum Gasteiger partial charge on any atom is -0.493 e. The van der Waals surface area contributed by atoms with Crippen molar-refractivity contribution < 1.29 is 67.3 Å². The molecule has 326 valence electrons. The molecule has 15 heteroatoms. The van der Waals surface area contributed by atoms with Crippen molar-refractivity contribution in [2.75, 3.05) is 20.8 Å². The number of carbonyl (C=O) groups excluding carboxylic acids is 5. The smallest absolute Gasteiger partial charge is 0.408 e. The van der Waals surface area contributed by atoms with Gasteiger partial charge in [-0.05, 0) is 51.0 Å². The summed E-state index contributed by atoms with van der Waals surface area (Å²) in [7, 11) is 2.76. The number of aliphatic hydroxyl groups is 2. The first kappa shape index (κ1) is 44.7. The predicted octanol–water partition coefficient (Wildman–Crippen LogP) is 4.77. The van der Waals surface area contributed by atoms with Crippen molar-refractivity contribution in [3.05, 3.63) is 83.1 Å². The zero-order chi connectivity index (χ0) is 44.2. The fourth-order valence-corrected chi connectivity index (χ4v) is 10.1. The zero-order valence-corrected chi connectivity index (χ0v) is 35.8. The van der Waals surface area contributed by atoms with Gasteiger partial charge in [0.25, 0.3) is 0 Å². The molecular weight excluding hydrogens is 778 g/mol. The normalized spacial score (nSPS) is 32.9. The zero-order valence-electron chi connectivity index (χ0n) is 35.8. The second-order valence-corrected chi connectivity index (χ2v) is 18.0. The Morgan fingerprint density at radius 1 is 0.950 bits per heavy atom. The van der Waals surface area contributed by atoms with E-state index >= 15 is 4.79 Å². The summed E-state index contributed by atoms with van der Waals surface area (Å²) in [4.78, 5) is 70.1. The third-order valence-electron chi connectivity index (χ3n) is 13.0. The minimum atomic E-state index is -2.22. The number of allylic oxidation sites excluding steroid dienone is 1. The van der Waals surface area contributed by atoms with Crippen LogP contribution in [0.5, 0.6) is 0 Å². The van der Waals surface area contributed by atoms with Gasteiger partial charge in [0.2, 0.25) is 5.78 Å². The van der Waals surface area contributed by atoms with E-state index in [0.717, 1.165) is 0 Å². The number of amides is 1. The van der Waals surface area contributed by atoms with Gasteiger partial charge in [0.1, 0.15) is 29.5 Å². The minimum absolute atomic E-state index is 0.115. The van der Waals surface area contributed by atoms with E-state index in [1.165, 1.54) is 21.1 Å². The summed E-state index contributed by atoms with van der Waals surface area (Å²) in [6.45, 7) is 12.7. The van der Waals surface area contributed by atoms with Crippen LogP contribution in [-0.4, -0.2) is 108 Å². The van der Waals surface area contributed by atoms with Crippen molar-refractivity contribution in [2.24, 2.45) is 22.7 Å². The standard InChI is InChI=1S/C45H57NO14/c1-24-28(57-39(51)33(48)32(26-17-13-11-14-18-26)46-40(52)60-41(3,4)5)22-45(53)37(58-38(50)27-19-15-12-16-20-27)35-43(8,36(49)34(55-10)31(24)42(45,6)7)29(54-9)21-30-44(35,23-56-30)59-25(2)47/h11-20,24,28-30,32-33,35,37,48,53H,21-23H2,1-10H3,(H,46,52)/t24?,28?,29?,30?,32-,33+,35?,37?,43?,44?,45?/m0/s1. The lowest BCUT2D eigenvalue weighted by molar-refractivity contribution is -0.346. The number of benzene rings is 2. The average Bonchev–Trinajstić information content (AvgIpc) is 3.18. The number of aliphatic hydroxyl groups excluding tert-OH is 1. The van der Waals surface area contributed by atoms with Gasteiger partial charge in [0.15, 0.2) is 17.5 Å². The number of hydrogen-bond acceptors (Lipinski definition) is 14. The van der Waals surface area contributed by atoms with Gasteiger partial charge in [0.05, 0.1) is 42.8 Å². The monoisotopic (exact) mass is 835 g/mol. The summed E-state index contributed by atoms with van der Waals surface area (Å²) < 4.78 is 42.3. The maximum atomic E-state index is 15.5. The molecule has 3 aliphatic carbocycles. The number of carbonyl (C=O) groups is 5. The van der Waals surface area contributed by atoms with Gasteiger partial charge in [-0.1, -0.05) is 69.3 Å². The van der Waals surface area contributed by atoms with E-state index in [0.29, 0.717) is 5.56 Å². The highest BCUT2D eigenvalue weighted by Crippen LogP contribution is 2.65. The van der Waals surface area contributed by atoms with Crippen LogP contribution in [0.3, 0.4) is 0 Å². The van der Waals surface area contributed by atoms with E-state index < -0.39 is 112 Å². The SMILES string of the molecule is COC1=C2C(C)C(OC(=O)[C@H](O)[C@@H](NC(=O)OC(C)(C)C)c3ccccc3)CC(O)(C(OC(=O)c3ccccc3)C3C4(OC(C)=O)COC4CC(OC)C3(C)C1=O)C2(C)C. The quantitative estimate of drug-likeness (QED) is 0.218. The second-order valence-electron chi connectivity index (χ2n) is 18.0. The maximum absolute atomic E-state index is 15.5. The molecule has 1 heterocycles. The Bertz CT molecular complexity index is 2010. The fraction of sp³-hybridized carbons (Fsp3) is 0.578. The van der Waals surface area contributed by atoms with E-state index in [1.807, 2.05) is 0 Å². The van der Waals surface area contributed by atoms with Gasteiger partial charge >= 0.3 is 24.0 Å². The number of nitrogens with one attached hydrogen (secondary N) is 1. The number of fused-ring (bicyclic) bond motifs is 5. The molecule has 2 aromatic carbocycles. The third-order valence-corrected chi connectivity index (χ3v) is 13.0. The van der Waals surface area contributed by atoms with Crippen molar-refractivity contribution >= 4 is 29.8 Å². The highest BCUT2D eigenvalue weighted by Gasteiger charge is 2.78. The van der Waals surface area contributed by atoms with E-state index in [-0.39, 0.29) is 29.9 Å². The Morgan fingerprint density at radius 2 is 1.57 bits per heavy atom. The number of ketones is 1. The molecule has 4 aliphatic rings.